The first kappa shape index (κ1) is 23.9. The monoisotopic (exact) mass is 443 g/mol. The van der Waals surface area contributed by atoms with Crippen LogP contribution in [0.2, 0.25) is 0 Å². The molecule has 1 aliphatic rings. The molecule has 11 heteroatoms. The van der Waals surface area contributed by atoms with Gasteiger partial charge in [-0.25, -0.2) is 9.59 Å². The maximum atomic E-state index is 12.2. The van der Waals surface area contributed by atoms with Crippen molar-refractivity contribution in [2.24, 2.45) is 0 Å². The molecule has 1 atom stereocenters. The Morgan fingerprint density at radius 1 is 1.22 bits per heavy atom. The third-order valence-electron chi connectivity index (χ3n) is 4.19. The Kier molecular flexibility index (Phi) is 8.36. The summed E-state index contributed by atoms with van der Waals surface area (Å²) in [5, 5.41) is 22.8. The van der Waals surface area contributed by atoms with Gasteiger partial charge in [-0.2, -0.15) is 5.26 Å². The van der Waals surface area contributed by atoms with E-state index in [0.717, 1.165) is 0 Å². The number of hydrogen-bond acceptors (Lipinski definition) is 10. The van der Waals surface area contributed by atoms with E-state index >= 15 is 0 Å². The Balaban J connectivity index is 2.47. The summed E-state index contributed by atoms with van der Waals surface area (Å²) in [6.45, 7) is 6.40. The largest absolute Gasteiger partial charge is 0.513 e. The van der Waals surface area contributed by atoms with Crippen LogP contribution < -0.4 is 5.32 Å². The molecule has 1 aromatic carbocycles. The lowest BCUT2D eigenvalue weighted by atomic mass is 9.90. The number of nitrogens with one attached hydrogen (secondary N) is 1. The fourth-order valence-electron chi connectivity index (χ4n) is 2.89. The number of rotatable bonds is 8. The standard InChI is InChI=1S/C21H21N3O8/c1-4-10-29-20(25)31-18-13(2)23-14(3)19(32-21(26)30-11-6-9-22)17(18)15-7-5-8-16(12-15)24(27)28/h4-5,7-8,12,17,23H,1,6,10-11H2,2-3H3. The van der Waals surface area contributed by atoms with E-state index in [-0.39, 0.29) is 36.8 Å². The Hall–Kier alpha value is -4.33. The molecule has 0 saturated heterocycles. The van der Waals surface area contributed by atoms with Gasteiger partial charge >= 0.3 is 12.3 Å². The van der Waals surface area contributed by atoms with Gasteiger partial charge in [0.05, 0.1) is 28.8 Å². The van der Waals surface area contributed by atoms with Gasteiger partial charge in [-0.3, -0.25) is 10.1 Å². The average molecular weight is 443 g/mol. The number of hydrogen-bond donors (Lipinski definition) is 1. The lowest BCUT2D eigenvalue weighted by Crippen LogP contribution is -2.29. The van der Waals surface area contributed by atoms with Gasteiger partial charge in [0.2, 0.25) is 0 Å². The maximum Gasteiger partial charge on any atom is 0.513 e. The second kappa shape index (κ2) is 11.2. The number of non-ortho nitro benzene ring substituents is 1. The Labute approximate surface area is 183 Å². The highest BCUT2D eigenvalue weighted by molar-refractivity contribution is 5.65. The molecule has 11 nitrogen and oxygen atoms in total. The first-order chi connectivity index (χ1) is 15.3. The fourth-order valence-corrected chi connectivity index (χ4v) is 2.89. The predicted molar refractivity (Wildman–Crippen MR) is 110 cm³/mol. The van der Waals surface area contributed by atoms with Crippen LogP contribution in [0.3, 0.4) is 0 Å². The molecule has 32 heavy (non-hydrogen) atoms. The van der Waals surface area contributed by atoms with Gasteiger partial charge in [0.1, 0.15) is 30.6 Å². The first-order valence-electron chi connectivity index (χ1n) is 9.38. The number of allylic oxidation sites excluding steroid dienone is 2. The van der Waals surface area contributed by atoms with Gasteiger partial charge in [-0.15, -0.1) is 0 Å². The number of nitrogens with zero attached hydrogens (tertiary/aromatic N) is 2. The zero-order valence-corrected chi connectivity index (χ0v) is 17.5. The molecule has 0 radical (unpaired) electrons. The van der Waals surface area contributed by atoms with E-state index < -0.39 is 23.2 Å². The molecule has 0 bridgehead atoms. The minimum atomic E-state index is -1.08. The molecule has 0 aromatic heterocycles. The van der Waals surface area contributed by atoms with Crippen LogP contribution in [0, 0.1) is 21.4 Å². The van der Waals surface area contributed by atoms with Crippen LogP contribution in [0.25, 0.3) is 0 Å². The highest BCUT2D eigenvalue weighted by atomic mass is 16.7. The summed E-state index contributed by atoms with van der Waals surface area (Å²) in [5.41, 5.74) is 0.912. The summed E-state index contributed by atoms with van der Waals surface area (Å²) in [6.07, 6.45) is -0.788. The van der Waals surface area contributed by atoms with Crippen LogP contribution in [0.4, 0.5) is 15.3 Å². The molecule has 1 heterocycles. The van der Waals surface area contributed by atoms with Crippen LogP contribution >= 0.6 is 0 Å². The normalized spacial score (nSPS) is 15.2. The smallest absolute Gasteiger partial charge is 0.433 e. The van der Waals surface area contributed by atoms with Crippen molar-refractivity contribution in [2.45, 2.75) is 26.2 Å². The van der Waals surface area contributed by atoms with Gasteiger partial charge in [0, 0.05) is 12.1 Å². The van der Waals surface area contributed by atoms with E-state index in [9.17, 15) is 19.7 Å². The highest BCUT2D eigenvalue weighted by Crippen LogP contribution is 2.40. The number of ether oxygens (including phenoxy) is 4. The van der Waals surface area contributed by atoms with E-state index in [1.807, 2.05) is 6.07 Å². The molecule has 0 amide bonds. The Morgan fingerprint density at radius 3 is 2.41 bits per heavy atom. The van der Waals surface area contributed by atoms with Gasteiger partial charge in [-0.1, -0.05) is 24.8 Å². The summed E-state index contributed by atoms with van der Waals surface area (Å²) < 4.78 is 20.4. The summed E-state index contributed by atoms with van der Waals surface area (Å²) in [7, 11) is 0. The molecule has 0 aliphatic carbocycles. The minimum absolute atomic E-state index is 0.00424. The molecular weight excluding hydrogens is 422 g/mol. The third-order valence-corrected chi connectivity index (χ3v) is 4.19. The number of nitro groups is 1. The number of benzene rings is 1. The van der Waals surface area contributed by atoms with Crippen LogP contribution in [-0.4, -0.2) is 30.4 Å². The molecule has 0 saturated carbocycles. The number of carbonyl (C=O) groups is 2. The zero-order chi connectivity index (χ0) is 23.7. The van der Waals surface area contributed by atoms with Gasteiger partial charge < -0.3 is 24.3 Å². The summed E-state index contributed by atoms with van der Waals surface area (Å²) in [5.74, 6) is -0.981. The molecule has 0 fully saturated rings. The molecule has 168 valence electrons. The molecule has 1 aliphatic heterocycles. The van der Waals surface area contributed by atoms with E-state index in [4.69, 9.17) is 24.2 Å². The topological polar surface area (TPSA) is 150 Å². The Morgan fingerprint density at radius 2 is 1.84 bits per heavy atom. The van der Waals surface area contributed by atoms with E-state index in [1.54, 1.807) is 19.9 Å². The van der Waals surface area contributed by atoms with E-state index in [0.29, 0.717) is 17.0 Å². The number of nitro benzene ring substituents is 1. The molecule has 0 spiro atoms. The van der Waals surface area contributed by atoms with Crippen LogP contribution in [0.15, 0.2) is 59.8 Å². The van der Waals surface area contributed by atoms with Gasteiger partial charge in [-0.05, 0) is 19.4 Å². The lowest BCUT2D eigenvalue weighted by Gasteiger charge is -2.30. The van der Waals surface area contributed by atoms with Crippen molar-refractivity contribution in [3.63, 3.8) is 0 Å². The third kappa shape index (κ3) is 6.09. The summed E-state index contributed by atoms with van der Waals surface area (Å²) >= 11 is 0. The second-order valence-electron chi connectivity index (χ2n) is 6.45. The minimum Gasteiger partial charge on any atom is -0.433 e. The van der Waals surface area contributed by atoms with Crippen molar-refractivity contribution >= 4 is 18.0 Å². The van der Waals surface area contributed by atoms with Crippen LogP contribution in [0.1, 0.15) is 31.7 Å². The van der Waals surface area contributed by atoms with Crippen molar-refractivity contribution in [3.05, 3.63) is 75.5 Å². The molecule has 1 unspecified atom stereocenters. The number of carbonyl (C=O) groups excluding carboxylic acids is 2. The lowest BCUT2D eigenvalue weighted by molar-refractivity contribution is -0.384. The van der Waals surface area contributed by atoms with E-state index in [2.05, 4.69) is 11.9 Å². The predicted octanol–water partition coefficient (Wildman–Crippen LogP) is 4.15. The van der Waals surface area contributed by atoms with Crippen LogP contribution in [-0.2, 0) is 18.9 Å². The van der Waals surface area contributed by atoms with Crippen molar-refractivity contribution in [3.8, 4) is 6.07 Å². The SMILES string of the molecule is C=CCOC(=O)OC1=C(C)NC(C)=C(OC(=O)OCCC#N)C1c1cccc([N+](=O)[O-])c1. The molecular formula is C21H21N3O8. The van der Waals surface area contributed by atoms with Crippen molar-refractivity contribution < 1.29 is 33.5 Å². The van der Waals surface area contributed by atoms with Crippen molar-refractivity contribution in [1.29, 1.82) is 5.26 Å². The zero-order valence-electron chi connectivity index (χ0n) is 17.5. The van der Waals surface area contributed by atoms with E-state index in [1.165, 1.54) is 24.3 Å². The summed E-state index contributed by atoms with van der Waals surface area (Å²) in [4.78, 5) is 35.0. The maximum absolute atomic E-state index is 12.2. The second-order valence-corrected chi connectivity index (χ2v) is 6.45. The van der Waals surface area contributed by atoms with Gasteiger partial charge in [0.15, 0.2) is 0 Å². The molecule has 1 aromatic rings. The fraction of sp³-hybridized carbons (Fsp3) is 0.286. The highest BCUT2D eigenvalue weighted by Gasteiger charge is 2.36. The number of nitriles is 1. The molecule has 2 rings (SSSR count). The first-order valence-corrected chi connectivity index (χ1v) is 9.38. The quantitative estimate of drug-likeness (QED) is 0.204. The van der Waals surface area contributed by atoms with Gasteiger partial charge in [0.25, 0.3) is 5.69 Å². The molecule has 1 N–H and O–H groups in total. The van der Waals surface area contributed by atoms with Crippen LogP contribution in [0.5, 0.6) is 0 Å². The number of dihydropyridines is 1. The average Bonchev–Trinajstić information content (AvgIpc) is 2.75. The summed E-state index contributed by atoms with van der Waals surface area (Å²) in [6, 6.07) is 7.42. The Bertz CT molecular complexity index is 1020. The van der Waals surface area contributed by atoms with Crippen molar-refractivity contribution in [1.82, 2.24) is 5.32 Å². The van der Waals surface area contributed by atoms with Crippen molar-refractivity contribution in [2.75, 3.05) is 13.2 Å².